The predicted molar refractivity (Wildman–Crippen MR) is 132 cm³/mol. The summed E-state index contributed by atoms with van der Waals surface area (Å²) >= 11 is 3.37. The highest BCUT2D eigenvalue weighted by Crippen LogP contribution is 2.38. The van der Waals surface area contributed by atoms with E-state index in [1.807, 2.05) is 52.8 Å². The molecule has 1 N–H and O–H groups in total. The molecule has 164 valence electrons. The fourth-order valence-corrected chi connectivity index (χ4v) is 7.36. The van der Waals surface area contributed by atoms with Gasteiger partial charge in [0.05, 0.1) is 41.4 Å². The topological polar surface area (TPSA) is 60.9 Å². The van der Waals surface area contributed by atoms with E-state index in [0.717, 1.165) is 70.9 Å². The molecule has 2 aromatic heterocycles. The van der Waals surface area contributed by atoms with Gasteiger partial charge in [0, 0.05) is 32.1 Å². The number of morpholine rings is 1. The molecular weight excluding hydrogens is 448 g/mol. The minimum atomic E-state index is -1.23. The first-order valence-electron chi connectivity index (χ1n) is 10.4. The summed E-state index contributed by atoms with van der Waals surface area (Å²) in [6.07, 6.45) is 0. The van der Waals surface area contributed by atoms with Gasteiger partial charge in [0.25, 0.3) is 0 Å². The molecular formula is C22H26N4O2S3. The van der Waals surface area contributed by atoms with Crippen LogP contribution in [0.25, 0.3) is 10.9 Å². The van der Waals surface area contributed by atoms with Crippen LogP contribution in [0, 0.1) is 0 Å². The summed E-state index contributed by atoms with van der Waals surface area (Å²) in [6.45, 7) is 7.76. The summed E-state index contributed by atoms with van der Waals surface area (Å²) in [5.74, 6) is 0. The first-order chi connectivity index (χ1) is 15.0. The summed E-state index contributed by atoms with van der Waals surface area (Å²) in [5.41, 5.74) is 2.96. The standard InChI is InChI=1S/C22H26N4O2S3/c1-22(15-26-8-10-28-11-9-26)14-23-21(30-22)17-13-16-5-3-6-18(20(16)24-17)25(2)31(27)19-7-4-12-29-19/h3-7,12-13,24H,8-11,14-15H2,1-2H3. The highest BCUT2D eigenvalue weighted by molar-refractivity contribution is 8.15. The van der Waals surface area contributed by atoms with E-state index in [0.29, 0.717) is 0 Å². The third-order valence-electron chi connectivity index (χ3n) is 5.68. The molecule has 4 heterocycles. The molecule has 1 aromatic carbocycles. The number of hydrogen-bond donors (Lipinski definition) is 1. The molecule has 9 heteroatoms. The van der Waals surface area contributed by atoms with Crippen LogP contribution in [0.2, 0.25) is 0 Å². The second-order valence-corrected chi connectivity index (χ2v) is 12.4. The lowest BCUT2D eigenvalue weighted by Crippen LogP contribution is -2.45. The molecule has 0 bridgehead atoms. The van der Waals surface area contributed by atoms with Gasteiger partial charge in [-0.2, -0.15) is 0 Å². The Morgan fingerprint density at radius 1 is 1.29 bits per heavy atom. The van der Waals surface area contributed by atoms with Gasteiger partial charge in [-0.3, -0.25) is 14.2 Å². The van der Waals surface area contributed by atoms with Crippen molar-refractivity contribution in [2.45, 2.75) is 15.9 Å². The number of aromatic amines is 1. The fourth-order valence-electron chi connectivity index (χ4n) is 4.10. The van der Waals surface area contributed by atoms with Crippen molar-refractivity contribution in [2.24, 2.45) is 4.99 Å². The molecule has 5 rings (SSSR count). The van der Waals surface area contributed by atoms with E-state index >= 15 is 0 Å². The van der Waals surface area contributed by atoms with Crippen LogP contribution in [0.5, 0.6) is 0 Å². The van der Waals surface area contributed by atoms with Gasteiger partial charge in [-0.15, -0.1) is 11.3 Å². The molecule has 2 unspecified atom stereocenters. The lowest BCUT2D eigenvalue weighted by molar-refractivity contribution is 0.0347. The Morgan fingerprint density at radius 2 is 2.13 bits per heavy atom. The van der Waals surface area contributed by atoms with Crippen LogP contribution in [0.3, 0.4) is 0 Å². The zero-order chi connectivity index (χ0) is 21.4. The number of thiophene rings is 1. The normalized spacial score (nSPS) is 23.2. The van der Waals surface area contributed by atoms with E-state index in [1.54, 1.807) is 0 Å². The van der Waals surface area contributed by atoms with Crippen molar-refractivity contribution in [1.82, 2.24) is 9.88 Å². The predicted octanol–water partition coefficient (Wildman–Crippen LogP) is 3.97. The molecule has 1 saturated heterocycles. The number of H-pyrrole nitrogens is 1. The number of anilines is 1. The van der Waals surface area contributed by atoms with Crippen LogP contribution in [-0.4, -0.2) is 70.3 Å². The Morgan fingerprint density at radius 3 is 2.90 bits per heavy atom. The monoisotopic (exact) mass is 474 g/mol. The number of para-hydroxylation sites is 1. The summed E-state index contributed by atoms with van der Waals surface area (Å²) < 4.78 is 21.2. The largest absolute Gasteiger partial charge is 0.379 e. The van der Waals surface area contributed by atoms with Crippen molar-refractivity contribution in [3.05, 3.63) is 47.5 Å². The first kappa shape index (κ1) is 21.2. The number of ether oxygens (including phenoxy) is 1. The van der Waals surface area contributed by atoms with Gasteiger partial charge in [-0.25, -0.2) is 4.21 Å². The van der Waals surface area contributed by atoms with Gasteiger partial charge in [0.1, 0.15) is 9.25 Å². The fraction of sp³-hybridized carbons (Fsp3) is 0.409. The summed E-state index contributed by atoms with van der Waals surface area (Å²) in [6, 6.07) is 12.1. The number of rotatable bonds is 6. The molecule has 2 aliphatic heterocycles. The Hall–Kier alpha value is -1.65. The number of nitrogens with zero attached hydrogens (tertiary/aromatic N) is 3. The van der Waals surface area contributed by atoms with Crippen LogP contribution in [0.15, 0.2) is 51.0 Å². The van der Waals surface area contributed by atoms with E-state index in [2.05, 4.69) is 28.9 Å². The Balaban J connectivity index is 1.37. The molecule has 0 amide bonds. The Bertz CT molecular complexity index is 1120. The number of aromatic nitrogens is 1. The van der Waals surface area contributed by atoms with Crippen molar-refractivity contribution >= 4 is 55.7 Å². The zero-order valence-electron chi connectivity index (χ0n) is 17.7. The molecule has 0 radical (unpaired) electrons. The van der Waals surface area contributed by atoms with Crippen molar-refractivity contribution in [3.63, 3.8) is 0 Å². The second kappa shape index (κ2) is 8.71. The maximum atomic E-state index is 13.0. The van der Waals surface area contributed by atoms with Gasteiger partial charge in [0.2, 0.25) is 0 Å². The van der Waals surface area contributed by atoms with E-state index in [1.165, 1.54) is 11.3 Å². The first-order valence-corrected chi connectivity index (χ1v) is 13.2. The van der Waals surface area contributed by atoms with Crippen molar-refractivity contribution in [2.75, 3.05) is 50.7 Å². The van der Waals surface area contributed by atoms with E-state index in [9.17, 15) is 4.21 Å². The van der Waals surface area contributed by atoms with E-state index in [4.69, 9.17) is 9.73 Å². The highest BCUT2D eigenvalue weighted by Gasteiger charge is 2.35. The maximum absolute atomic E-state index is 13.0. The molecule has 1 fully saturated rings. The van der Waals surface area contributed by atoms with Crippen LogP contribution in [0.4, 0.5) is 5.69 Å². The Kier molecular flexibility index (Phi) is 5.96. The van der Waals surface area contributed by atoms with Crippen LogP contribution in [-0.2, 0) is 15.7 Å². The highest BCUT2D eigenvalue weighted by atomic mass is 32.2. The van der Waals surface area contributed by atoms with Crippen LogP contribution >= 0.6 is 23.1 Å². The average molecular weight is 475 g/mol. The molecule has 2 atom stereocenters. The van der Waals surface area contributed by atoms with Crippen molar-refractivity contribution < 1.29 is 8.95 Å². The lowest BCUT2D eigenvalue weighted by Gasteiger charge is -2.33. The third kappa shape index (κ3) is 4.34. The van der Waals surface area contributed by atoms with E-state index in [-0.39, 0.29) is 4.75 Å². The zero-order valence-corrected chi connectivity index (χ0v) is 20.1. The van der Waals surface area contributed by atoms with Crippen molar-refractivity contribution in [3.8, 4) is 0 Å². The molecule has 0 aliphatic carbocycles. The number of hydrogen-bond acceptors (Lipinski definition) is 6. The summed E-state index contributed by atoms with van der Waals surface area (Å²) in [4.78, 5) is 10.9. The van der Waals surface area contributed by atoms with Gasteiger partial charge in [-0.05, 0) is 30.5 Å². The van der Waals surface area contributed by atoms with Crippen molar-refractivity contribution in [1.29, 1.82) is 0 Å². The van der Waals surface area contributed by atoms with E-state index < -0.39 is 11.0 Å². The third-order valence-corrected chi connectivity index (χ3v) is 9.53. The molecule has 31 heavy (non-hydrogen) atoms. The molecule has 6 nitrogen and oxygen atoms in total. The number of nitrogens with one attached hydrogen (secondary N) is 1. The minimum Gasteiger partial charge on any atom is -0.379 e. The van der Waals surface area contributed by atoms with Gasteiger partial charge >= 0.3 is 0 Å². The minimum absolute atomic E-state index is 0.0737. The number of fused-ring (bicyclic) bond motifs is 1. The maximum Gasteiger partial charge on any atom is 0.163 e. The van der Waals surface area contributed by atoms with Gasteiger partial charge in [-0.1, -0.05) is 30.0 Å². The summed E-state index contributed by atoms with van der Waals surface area (Å²) in [5, 5.41) is 4.12. The average Bonchev–Trinajstić information content (AvgIpc) is 3.52. The Labute approximate surface area is 193 Å². The molecule has 0 spiro atoms. The summed E-state index contributed by atoms with van der Waals surface area (Å²) in [7, 11) is 0.648. The lowest BCUT2D eigenvalue weighted by atomic mass is 10.1. The number of thioether (sulfide) groups is 1. The smallest absolute Gasteiger partial charge is 0.163 e. The van der Waals surface area contributed by atoms with Gasteiger partial charge < -0.3 is 9.72 Å². The number of benzene rings is 1. The van der Waals surface area contributed by atoms with Crippen LogP contribution in [0.1, 0.15) is 12.6 Å². The SMILES string of the molecule is CN(c1cccc2cc(C3=NCC(C)(CN4CCOCC4)S3)[nH]c12)S(=O)c1cccs1. The number of aliphatic imine (C=N–C) groups is 1. The molecule has 2 aliphatic rings. The molecule has 3 aromatic rings. The second-order valence-electron chi connectivity index (χ2n) is 8.16. The quantitative estimate of drug-likeness (QED) is 0.587. The molecule has 0 saturated carbocycles. The van der Waals surface area contributed by atoms with Crippen LogP contribution < -0.4 is 4.31 Å². The van der Waals surface area contributed by atoms with Gasteiger partial charge in [0.15, 0.2) is 11.0 Å².